The summed E-state index contributed by atoms with van der Waals surface area (Å²) in [7, 11) is 0. The summed E-state index contributed by atoms with van der Waals surface area (Å²) in [5, 5.41) is 12.8. The van der Waals surface area contributed by atoms with Crippen molar-refractivity contribution in [1.82, 2.24) is 15.5 Å². The maximum Gasteiger partial charge on any atom is 0.251 e. The molecule has 7 nitrogen and oxygen atoms in total. The highest BCUT2D eigenvalue weighted by Crippen LogP contribution is 2.12. The number of benzene rings is 1. The number of nitrogens with zero attached hydrogens (tertiary/aromatic N) is 2. The van der Waals surface area contributed by atoms with Gasteiger partial charge in [-0.3, -0.25) is 14.9 Å². The maximum absolute atomic E-state index is 12.0. The Labute approximate surface area is 138 Å². The normalized spacial score (nSPS) is 10.1. The largest absolute Gasteiger partial charge is 0.494 e. The number of carbonyl (C=O) groups is 2. The number of carbonyl (C=O) groups excluding carboxylic acids is 2. The highest BCUT2D eigenvalue weighted by atomic mass is 32.1. The molecule has 2 N–H and O–H groups in total. The lowest BCUT2D eigenvalue weighted by Gasteiger charge is -2.07. The van der Waals surface area contributed by atoms with E-state index in [1.807, 2.05) is 0 Å². The quantitative estimate of drug-likeness (QED) is 0.721. The summed E-state index contributed by atoms with van der Waals surface area (Å²) in [5.74, 6) is 0.0520. The van der Waals surface area contributed by atoms with Gasteiger partial charge in [-0.05, 0) is 30.7 Å². The molecule has 2 rings (SSSR count). The Kier molecular flexibility index (Phi) is 6.49. The fourth-order valence-corrected chi connectivity index (χ4v) is 2.15. The van der Waals surface area contributed by atoms with Gasteiger partial charge in [0.2, 0.25) is 11.0 Å². The SMILES string of the molecule is CCCCOc1ccc(C(=O)NCC(=O)Nc2nncs2)cc1. The van der Waals surface area contributed by atoms with Crippen LogP contribution in [0.25, 0.3) is 0 Å². The lowest BCUT2D eigenvalue weighted by atomic mass is 10.2. The molecule has 0 aliphatic heterocycles. The molecule has 2 amide bonds. The Morgan fingerprint density at radius 1 is 1.26 bits per heavy atom. The van der Waals surface area contributed by atoms with Crippen molar-refractivity contribution in [2.45, 2.75) is 19.8 Å². The van der Waals surface area contributed by atoms with Crippen LogP contribution in [0.3, 0.4) is 0 Å². The van der Waals surface area contributed by atoms with Crippen molar-refractivity contribution in [2.75, 3.05) is 18.5 Å². The van der Waals surface area contributed by atoms with Crippen LogP contribution in [0.2, 0.25) is 0 Å². The number of hydrogen-bond acceptors (Lipinski definition) is 6. The number of hydrogen-bond donors (Lipinski definition) is 2. The minimum atomic E-state index is -0.352. The summed E-state index contributed by atoms with van der Waals surface area (Å²) in [4.78, 5) is 23.6. The van der Waals surface area contributed by atoms with Gasteiger partial charge >= 0.3 is 0 Å². The van der Waals surface area contributed by atoms with Gasteiger partial charge in [-0.25, -0.2) is 0 Å². The number of anilines is 1. The van der Waals surface area contributed by atoms with Crippen molar-refractivity contribution in [2.24, 2.45) is 0 Å². The van der Waals surface area contributed by atoms with Gasteiger partial charge in [-0.15, -0.1) is 10.2 Å². The Hall–Kier alpha value is -2.48. The summed E-state index contributed by atoms with van der Waals surface area (Å²) in [5.41, 5.74) is 1.98. The number of amides is 2. The third kappa shape index (κ3) is 5.67. The van der Waals surface area contributed by atoms with Crippen LogP contribution in [-0.2, 0) is 4.79 Å². The summed E-state index contributed by atoms with van der Waals surface area (Å²) in [6.07, 6.45) is 2.06. The molecule has 0 bridgehead atoms. The van der Waals surface area contributed by atoms with E-state index < -0.39 is 0 Å². The van der Waals surface area contributed by atoms with Crippen LogP contribution < -0.4 is 15.4 Å². The van der Waals surface area contributed by atoms with E-state index >= 15 is 0 Å². The van der Waals surface area contributed by atoms with Crippen LogP contribution in [0.1, 0.15) is 30.1 Å². The molecule has 23 heavy (non-hydrogen) atoms. The first-order valence-electron chi connectivity index (χ1n) is 7.26. The third-order valence-electron chi connectivity index (χ3n) is 2.90. The molecule has 0 saturated carbocycles. The average molecular weight is 334 g/mol. The third-order valence-corrected chi connectivity index (χ3v) is 3.51. The molecule has 1 aromatic carbocycles. The van der Waals surface area contributed by atoms with Gasteiger partial charge in [0.15, 0.2) is 0 Å². The van der Waals surface area contributed by atoms with Crippen molar-refractivity contribution in [1.29, 1.82) is 0 Å². The average Bonchev–Trinajstić information content (AvgIpc) is 3.06. The van der Waals surface area contributed by atoms with Gasteiger partial charge in [-0.1, -0.05) is 24.7 Å². The van der Waals surface area contributed by atoms with Crippen LogP contribution >= 0.6 is 11.3 Å². The highest BCUT2D eigenvalue weighted by molar-refractivity contribution is 7.13. The molecule has 0 radical (unpaired) electrons. The Morgan fingerprint density at radius 2 is 2.04 bits per heavy atom. The Bertz CT molecular complexity index is 629. The second-order valence-electron chi connectivity index (χ2n) is 4.70. The van der Waals surface area contributed by atoms with Gasteiger partial charge in [0.05, 0.1) is 13.2 Å². The van der Waals surface area contributed by atoms with E-state index in [0.29, 0.717) is 17.3 Å². The Morgan fingerprint density at radius 3 is 2.70 bits per heavy atom. The molecule has 0 aliphatic rings. The van der Waals surface area contributed by atoms with Crippen molar-refractivity contribution in [3.63, 3.8) is 0 Å². The minimum Gasteiger partial charge on any atom is -0.494 e. The smallest absolute Gasteiger partial charge is 0.251 e. The molecule has 1 heterocycles. The van der Waals surface area contributed by atoms with Gasteiger partial charge in [0.25, 0.3) is 5.91 Å². The van der Waals surface area contributed by atoms with E-state index in [0.717, 1.165) is 18.6 Å². The van der Waals surface area contributed by atoms with E-state index in [9.17, 15) is 9.59 Å². The molecule has 1 aromatic heterocycles. The van der Waals surface area contributed by atoms with E-state index in [1.165, 1.54) is 16.8 Å². The van der Waals surface area contributed by atoms with Crippen molar-refractivity contribution >= 4 is 28.3 Å². The van der Waals surface area contributed by atoms with Crippen LogP contribution in [0, 0.1) is 0 Å². The monoisotopic (exact) mass is 334 g/mol. The molecule has 122 valence electrons. The fourth-order valence-electron chi connectivity index (χ4n) is 1.69. The molecule has 0 fully saturated rings. The molecular formula is C15H18N4O3S. The van der Waals surface area contributed by atoms with E-state index in [1.54, 1.807) is 24.3 Å². The Balaban J connectivity index is 1.77. The standard InChI is InChI=1S/C15H18N4O3S/c1-2-3-8-22-12-6-4-11(5-7-12)14(21)16-9-13(20)18-15-19-17-10-23-15/h4-7,10H,2-3,8-9H2,1H3,(H,16,21)(H,18,19,20). The van der Waals surface area contributed by atoms with Gasteiger partial charge in [0, 0.05) is 5.56 Å². The molecule has 0 saturated heterocycles. The first kappa shape index (κ1) is 16.9. The van der Waals surface area contributed by atoms with Crippen molar-refractivity contribution in [3.05, 3.63) is 35.3 Å². The zero-order chi connectivity index (χ0) is 16.5. The second-order valence-corrected chi connectivity index (χ2v) is 5.53. The topological polar surface area (TPSA) is 93.2 Å². The number of ether oxygens (including phenoxy) is 1. The molecule has 0 aliphatic carbocycles. The van der Waals surface area contributed by atoms with Crippen LogP contribution in [0.15, 0.2) is 29.8 Å². The zero-order valence-corrected chi connectivity index (χ0v) is 13.6. The summed E-state index contributed by atoms with van der Waals surface area (Å²) in [6.45, 7) is 2.62. The predicted octanol–water partition coefficient (Wildman–Crippen LogP) is 2.09. The predicted molar refractivity (Wildman–Crippen MR) is 87.7 cm³/mol. The van der Waals surface area contributed by atoms with Gasteiger partial charge < -0.3 is 10.1 Å². The lowest BCUT2D eigenvalue weighted by molar-refractivity contribution is -0.115. The lowest BCUT2D eigenvalue weighted by Crippen LogP contribution is -2.32. The first-order chi connectivity index (χ1) is 11.2. The molecule has 0 spiro atoms. The number of rotatable bonds is 8. The van der Waals surface area contributed by atoms with Crippen LogP contribution in [0.5, 0.6) is 5.75 Å². The van der Waals surface area contributed by atoms with Crippen molar-refractivity contribution in [3.8, 4) is 5.75 Å². The molecule has 0 unspecified atom stereocenters. The van der Waals surface area contributed by atoms with Gasteiger partial charge in [-0.2, -0.15) is 0 Å². The highest BCUT2D eigenvalue weighted by Gasteiger charge is 2.09. The van der Waals surface area contributed by atoms with E-state index in [2.05, 4.69) is 27.8 Å². The summed E-state index contributed by atoms with van der Waals surface area (Å²) >= 11 is 1.21. The van der Waals surface area contributed by atoms with E-state index in [-0.39, 0.29) is 18.4 Å². The summed E-state index contributed by atoms with van der Waals surface area (Å²) < 4.78 is 5.53. The fraction of sp³-hybridized carbons (Fsp3) is 0.333. The number of nitrogens with one attached hydrogen (secondary N) is 2. The van der Waals surface area contributed by atoms with Crippen LogP contribution in [-0.4, -0.2) is 35.2 Å². The first-order valence-corrected chi connectivity index (χ1v) is 8.14. The number of unbranched alkanes of at least 4 members (excludes halogenated alkanes) is 1. The zero-order valence-electron chi connectivity index (χ0n) is 12.7. The second kappa shape index (κ2) is 8.84. The minimum absolute atomic E-state index is 0.132. The molecule has 0 atom stereocenters. The number of aromatic nitrogens is 2. The molecule has 2 aromatic rings. The van der Waals surface area contributed by atoms with E-state index in [4.69, 9.17) is 4.74 Å². The molecular weight excluding hydrogens is 316 g/mol. The van der Waals surface area contributed by atoms with Gasteiger partial charge in [0.1, 0.15) is 11.3 Å². The maximum atomic E-state index is 12.0. The van der Waals surface area contributed by atoms with Crippen molar-refractivity contribution < 1.29 is 14.3 Å². The summed E-state index contributed by atoms with van der Waals surface area (Å²) in [6, 6.07) is 6.82. The molecule has 8 heteroatoms. The van der Waals surface area contributed by atoms with Crippen LogP contribution in [0.4, 0.5) is 5.13 Å².